The maximum atomic E-state index is 12.7. The molecule has 0 saturated carbocycles. The number of benzene rings is 1. The Morgan fingerprint density at radius 2 is 1.72 bits per heavy atom. The molecule has 0 aliphatic rings. The van der Waals surface area contributed by atoms with Crippen LogP contribution in [-0.4, -0.2) is 57.0 Å². The van der Waals surface area contributed by atoms with Gasteiger partial charge in [-0.2, -0.15) is 9.97 Å². The van der Waals surface area contributed by atoms with Gasteiger partial charge in [0, 0.05) is 12.0 Å². The third kappa shape index (κ3) is 6.95. The Kier molecular flexibility index (Phi) is 8.81. The first-order valence-electron chi connectivity index (χ1n) is 11.3. The topological polar surface area (TPSA) is 185 Å². The highest BCUT2D eigenvalue weighted by Gasteiger charge is 2.24. The van der Waals surface area contributed by atoms with Crippen LogP contribution in [0.15, 0.2) is 30.5 Å². The molecule has 1 unspecified atom stereocenters. The van der Waals surface area contributed by atoms with Crippen LogP contribution >= 0.6 is 0 Å². The smallest absolute Gasteiger partial charge is 0.328 e. The van der Waals surface area contributed by atoms with Crippen molar-refractivity contribution in [3.63, 3.8) is 0 Å². The number of hydrogen-bond donors (Lipinski definition) is 3. The van der Waals surface area contributed by atoms with E-state index in [2.05, 4.69) is 25.3 Å². The van der Waals surface area contributed by atoms with Crippen LogP contribution in [0.3, 0.4) is 0 Å². The van der Waals surface area contributed by atoms with Crippen molar-refractivity contribution in [3.8, 4) is 0 Å². The van der Waals surface area contributed by atoms with Gasteiger partial charge in [0.2, 0.25) is 5.95 Å². The summed E-state index contributed by atoms with van der Waals surface area (Å²) >= 11 is 0. The number of rotatable bonds is 10. The number of hydrogen-bond acceptors (Lipinski definition) is 11. The number of amides is 1. The normalized spacial score (nSPS) is 11.8. The van der Waals surface area contributed by atoms with E-state index in [1.54, 1.807) is 50.3 Å². The van der Waals surface area contributed by atoms with Crippen molar-refractivity contribution >= 4 is 52.9 Å². The van der Waals surface area contributed by atoms with Crippen LogP contribution in [0.25, 0.3) is 23.3 Å². The predicted octanol–water partition coefficient (Wildman–Crippen LogP) is 1.76. The van der Waals surface area contributed by atoms with E-state index >= 15 is 0 Å². The number of aromatic nitrogens is 4. The minimum atomic E-state index is -0.973. The molecule has 3 rings (SSSR count). The van der Waals surface area contributed by atoms with Gasteiger partial charge in [-0.1, -0.05) is 18.2 Å². The Hall–Kier alpha value is -4.61. The highest BCUT2D eigenvalue weighted by atomic mass is 16.5. The lowest BCUT2D eigenvalue weighted by Gasteiger charge is -2.17. The van der Waals surface area contributed by atoms with Gasteiger partial charge in [-0.3, -0.25) is 9.59 Å². The van der Waals surface area contributed by atoms with Crippen LogP contribution in [0.1, 0.15) is 48.3 Å². The molecule has 2 aromatic heterocycles. The summed E-state index contributed by atoms with van der Waals surface area (Å²) < 4.78 is 9.90. The molecule has 0 bridgehead atoms. The van der Waals surface area contributed by atoms with Crippen molar-refractivity contribution in [3.05, 3.63) is 47.3 Å². The van der Waals surface area contributed by atoms with E-state index in [1.165, 1.54) is 6.20 Å². The highest BCUT2D eigenvalue weighted by Crippen LogP contribution is 2.16. The van der Waals surface area contributed by atoms with Crippen molar-refractivity contribution in [2.45, 2.75) is 32.7 Å². The number of esters is 2. The quantitative estimate of drug-likeness (QED) is 0.349. The second-order valence-electron chi connectivity index (χ2n) is 7.51. The van der Waals surface area contributed by atoms with E-state index in [1.807, 2.05) is 0 Å². The Morgan fingerprint density at radius 3 is 2.42 bits per heavy atom. The number of ether oxygens (including phenoxy) is 2. The lowest BCUT2D eigenvalue weighted by Crippen LogP contribution is -2.42. The number of carbonyl (C=O) groups is 3. The fourth-order valence-electron chi connectivity index (χ4n) is 3.20. The molecule has 0 fully saturated rings. The summed E-state index contributed by atoms with van der Waals surface area (Å²) in [6.07, 6.45) is 5.08. The molecule has 0 aliphatic heterocycles. The molecule has 36 heavy (non-hydrogen) atoms. The van der Waals surface area contributed by atoms with Gasteiger partial charge in [-0.15, -0.1) is 0 Å². The molecule has 0 radical (unpaired) electrons. The van der Waals surface area contributed by atoms with Crippen LogP contribution in [0.5, 0.6) is 0 Å². The molecule has 0 saturated heterocycles. The zero-order chi connectivity index (χ0) is 26.1. The van der Waals surface area contributed by atoms with Crippen molar-refractivity contribution < 1.29 is 23.9 Å². The molecule has 1 atom stereocenters. The molecule has 12 heteroatoms. The molecule has 2 heterocycles. The van der Waals surface area contributed by atoms with E-state index in [9.17, 15) is 14.4 Å². The van der Waals surface area contributed by atoms with Gasteiger partial charge in [0.15, 0.2) is 17.0 Å². The van der Waals surface area contributed by atoms with Crippen molar-refractivity contribution in [2.75, 3.05) is 24.7 Å². The standard InChI is InChI=1S/C24H27N7O5/c1-3-35-18(32)12-11-17(23(34)36-4-2)29-22(33)15-8-5-14(6-9-15)7-10-16-13-27-21-19(28-16)20(25)30-24(26)31-21/h5-10,13,17H,3-4,11-12H2,1-2H3,(H,29,33)(H4,25,26,27,30,31)/b10-7+. The third-order valence-corrected chi connectivity index (χ3v) is 4.91. The average Bonchev–Trinajstić information content (AvgIpc) is 2.85. The zero-order valence-electron chi connectivity index (χ0n) is 19.9. The number of anilines is 2. The minimum absolute atomic E-state index is 0.0225. The van der Waals surface area contributed by atoms with E-state index in [0.29, 0.717) is 22.4 Å². The number of nitrogens with one attached hydrogen (secondary N) is 1. The highest BCUT2D eigenvalue weighted by molar-refractivity contribution is 5.97. The summed E-state index contributed by atoms with van der Waals surface area (Å²) in [5.74, 6) is -1.37. The molecular formula is C24H27N7O5. The maximum absolute atomic E-state index is 12.7. The Labute approximate surface area is 207 Å². The number of nitrogens with zero attached hydrogens (tertiary/aromatic N) is 4. The molecule has 0 spiro atoms. The molecule has 12 nitrogen and oxygen atoms in total. The molecule has 1 aromatic carbocycles. The fraction of sp³-hybridized carbons (Fsp3) is 0.292. The van der Waals surface area contributed by atoms with Crippen molar-refractivity contribution in [2.24, 2.45) is 0 Å². The fourth-order valence-corrected chi connectivity index (χ4v) is 3.20. The molecule has 0 aliphatic carbocycles. The summed E-state index contributed by atoms with van der Waals surface area (Å²) in [7, 11) is 0. The molecule has 5 N–H and O–H groups in total. The Morgan fingerprint density at radius 1 is 1.00 bits per heavy atom. The predicted molar refractivity (Wildman–Crippen MR) is 133 cm³/mol. The summed E-state index contributed by atoms with van der Waals surface area (Å²) in [5, 5.41) is 2.63. The van der Waals surface area contributed by atoms with E-state index in [4.69, 9.17) is 20.9 Å². The van der Waals surface area contributed by atoms with Gasteiger partial charge in [0.05, 0.1) is 25.1 Å². The maximum Gasteiger partial charge on any atom is 0.328 e. The van der Waals surface area contributed by atoms with Gasteiger partial charge in [-0.25, -0.2) is 14.8 Å². The number of fused-ring (bicyclic) bond motifs is 1. The number of carbonyl (C=O) groups excluding carboxylic acids is 3. The van der Waals surface area contributed by atoms with E-state index < -0.39 is 23.9 Å². The second-order valence-corrected chi connectivity index (χ2v) is 7.51. The molecular weight excluding hydrogens is 466 g/mol. The third-order valence-electron chi connectivity index (χ3n) is 4.91. The lowest BCUT2D eigenvalue weighted by molar-refractivity contribution is -0.146. The lowest BCUT2D eigenvalue weighted by atomic mass is 10.1. The van der Waals surface area contributed by atoms with Crippen LogP contribution in [-0.2, 0) is 19.1 Å². The van der Waals surface area contributed by atoms with Gasteiger partial charge in [-0.05, 0) is 44.0 Å². The summed E-state index contributed by atoms with van der Waals surface area (Å²) in [6.45, 7) is 3.75. The minimum Gasteiger partial charge on any atom is -0.466 e. The molecule has 1 amide bonds. The van der Waals surface area contributed by atoms with Crippen LogP contribution in [0.2, 0.25) is 0 Å². The first-order chi connectivity index (χ1) is 17.3. The van der Waals surface area contributed by atoms with Crippen LogP contribution < -0.4 is 16.8 Å². The molecule has 188 valence electrons. The first kappa shape index (κ1) is 26.0. The van der Waals surface area contributed by atoms with E-state index in [0.717, 1.165) is 5.56 Å². The zero-order valence-corrected chi connectivity index (χ0v) is 19.9. The summed E-state index contributed by atoms with van der Waals surface area (Å²) in [4.78, 5) is 53.1. The van der Waals surface area contributed by atoms with Gasteiger partial charge >= 0.3 is 11.9 Å². The van der Waals surface area contributed by atoms with E-state index in [-0.39, 0.29) is 37.8 Å². The molecule has 3 aromatic rings. The van der Waals surface area contributed by atoms with Gasteiger partial charge in [0.1, 0.15) is 6.04 Å². The number of nitrogens with two attached hydrogens (primary N) is 2. The first-order valence-corrected chi connectivity index (χ1v) is 11.3. The van der Waals surface area contributed by atoms with Crippen LogP contribution in [0, 0.1) is 0 Å². The average molecular weight is 494 g/mol. The summed E-state index contributed by atoms with van der Waals surface area (Å²) in [5.41, 5.74) is 13.7. The SMILES string of the molecule is CCOC(=O)CCC(NC(=O)c1ccc(/C=C/c2cnc3nc(N)nc(N)c3n2)cc1)C(=O)OCC. The summed E-state index contributed by atoms with van der Waals surface area (Å²) in [6, 6.07) is 5.72. The van der Waals surface area contributed by atoms with Crippen LogP contribution in [0.4, 0.5) is 11.8 Å². The second kappa shape index (κ2) is 12.2. The Balaban J connectivity index is 1.67. The van der Waals surface area contributed by atoms with Gasteiger partial charge < -0.3 is 26.3 Å². The van der Waals surface area contributed by atoms with Crippen molar-refractivity contribution in [1.29, 1.82) is 0 Å². The van der Waals surface area contributed by atoms with Crippen molar-refractivity contribution in [1.82, 2.24) is 25.3 Å². The monoisotopic (exact) mass is 493 g/mol. The number of nitrogen functional groups attached to an aromatic ring is 2. The Bertz CT molecular complexity index is 1280. The van der Waals surface area contributed by atoms with Gasteiger partial charge in [0.25, 0.3) is 5.91 Å². The largest absolute Gasteiger partial charge is 0.466 e.